The van der Waals surface area contributed by atoms with E-state index >= 15 is 0 Å². The number of fused-ring (bicyclic) bond motifs is 1. The molecule has 1 heterocycles. The highest BCUT2D eigenvalue weighted by atomic mass is 19.4. The highest BCUT2D eigenvalue weighted by molar-refractivity contribution is 5.85. The second kappa shape index (κ2) is 11.1. The lowest BCUT2D eigenvalue weighted by molar-refractivity contribution is -0.137. The summed E-state index contributed by atoms with van der Waals surface area (Å²) in [5.41, 5.74) is 0.811. The number of alkyl halides is 3. The third-order valence-electron chi connectivity index (χ3n) is 6.17. The Bertz CT molecular complexity index is 1690. The maximum absolute atomic E-state index is 14.4. The minimum atomic E-state index is -4.94. The topological polar surface area (TPSA) is 90.3 Å². The van der Waals surface area contributed by atoms with Crippen LogP contribution in [0.3, 0.4) is 0 Å². The van der Waals surface area contributed by atoms with Gasteiger partial charge >= 0.3 is 11.9 Å². The molecule has 0 saturated heterocycles. The summed E-state index contributed by atoms with van der Waals surface area (Å²) in [6, 6.07) is 10.1. The summed E-state index contributed by atoms with van der Waals surface area (Å²) in [4.78, 5) is 39.1. The van der Waals surface area contributed by atoms with Crippen LogP contribution >= 0.6 is 0 Å². The predicted octanol–water partition coefficient (Wildman–Crippen LogP) is 4.08. The van der Waals surface area contributed by atoms with Gasteiger partial charge in [-0.05, 0) is 23.8 Å². The molecule has 41 heavy (non-hydrogen) atoms. The van der Waals surface area contributed by atoms with E-state index in [2.05, 4.69) is 0 Å². The fourth-order valence-corrected chi connectivity index (χ4v) is 4.21. The Morgan fingerprint density at radius 2 is 1.39 bits per heavy atom. The fraction of sp³-hybridized carbons (Fsp3) is 0.192. The Kier molecular flexibility index (Phi) is 7.90. The van der Waals surface area contributed by atoms with Crippen molar-refractivity contribution in [3.8, 4) is 0 Å². The molecule has 0 saturated carbocycles. The van der Waals surface area contributed by atoms with Crippen LogP contribution in [0.4, 0.5) is 35.1 Å². The zero-order valence-corrected chi connectivity index (χ0v) is 20.6. The Labute approximate surface area is 225 Å². The molecular weight excluding hydrogens is 568 g/mol. The van der Waals surface area contributed by atoms with Gasteiger partial charge < -0.3 is 10.6 Å². The van der Waals surface area contributed by atoms with E-state index in [0.29, 0.717) is 26.8 Å². The van der Waals surface area contributed by atoms with Crippen LogP contribution in [0, 0.1) is 29.1 Å². The van der Waals surface area contributed by atoms with Gasteiger partial charge in [-0.3, -0.25) is 18.7 Å². The second-order valence-electron chi connectivity index (χ2n) is 8.91. The average molecular weight is 586 g/mol. The first-order valence-corrected chi connectivity index (χ1v) is 11.6. The largest absolute Gasteiger partial charge is 0.416 e. The van der Waals surface area contributed by atoms with Crippen molar-refractivity contribution in [2.24, 2.45) is 5.73 Å². The van der Waals surface area contributed by atoms with Crippen LogP contribution in [0.5, 0.6) is 0 Å². The standard InChI is InChI=1S/C26H18F8N4O3/c27-20-15(21(28)23(30)24(31)22(20)29)10-37-17-8-14(26(32,33)34)6-7-16(17)38(25(37)41)12-19(40)36(11-18(35)39)9-13-4-2-1-3-5-13/h1-8H,9-12H2,(H2,35,39). The number of carbonyl (C=O) groups is 2. The number of nitrogens with zero attached hydrogens (tertiary/aromatic N) is 3. The van der Waals surface area contributed by atoms with E-state index in [0.717, 1.165) is 11.0 Å². The minimum absolute atomic E-state index is 0.140. The van der Waals surface area contributed by atoms with Crippen LogP contribution < -0.4 is 11.4 Å². The molecule has 1 aromatic heterocycles. The van der Waals surface area contributed by atoms with Gasteiger partial charge in [0, 0.05) is 12.1 Å². The highest BCUT2D eigenvalue weighted by Crippen LogP contribution is 2.32. The number of hydrogen-bond acceptors (Lipinski definition) is 3. The molecule has 0 unspecified atom stereocenters. The summed E-state index contributed by atoms with van der Waals surface area (Å²) in [5.74, 6) is -13.5. The maximum atomic E-state index is 14.4. The molecule has 7 nitrogen and oxygen atoms in total. The summed E-state index contributed by atoms with van der Waals surface area (Å²) in [6.07, 6.45) is -4.94. The Morgan fingerprint density at radius 1 is 0.805 bits per heavy atom. The van der Waals surface area contributed by atoms with E-state index in [1.165, 1.54) is 0 Å². The van der Waals surface area contributed by atoms with Crippen molar-refractivity contribution in [3.05, 3.63) is 105 Å². The first kappa shape index (κ1) is 29.3. The quantitative estimate of drug-likeness (QED) is 0.192. The lowest BCUT2D eigenvalue weighted by Crippen LogP contribution is -2.41. The molecule has 15 heteroatoms. The van der Waals surface area contributed by atoms with E-state index < -0.39 is 89.0 Å². The zero-order chi connectivity index (χ0) is 30.2. The molecule has 0 aliphatic rings. The molecule has 0 bridgehead atoms. The summed E-state index contributed by atoms with van der Waals surface area (Å²) >= 11 is 0. The molecule has 4 rings (SSSR count). The molecule has 0 atom stereocenters. The van der Waals surface area contributed by atoms with Crippen molar-refractivity contribution in [3.63, 3.8) is 0 Å². The highest BCUT2D eigenvalue weighted by Gasteiger charge is 2.33. The Morgan fingerprint density at radius 3 is 1.95 bits per heavy atom. The third-order valence-corrected chi connectivity index (χ3v) is 6.17. The van der Waals surface area contributed by atoms with E-state index in [9.17, 15) is 49.5 Å². The fourth-order valence-electron chi connectivity index (χ4n) is 4.21. The van der Waals surface area contributed by atoms with Crippen LogP contribution in [-0.4, -0.2) is 32.4 Å². The Balaban J connectivity index is 1.84. The molecule has 0 radical (unpaired) electrons. The van der Waals surface area contributed by atoms with E-state index in [1.807, 2.05) is 0 Å². The number of amides is 2. The van der Waals surface area contributed by atoms with Gasteiger partial charge in [-0.15, -0.1) is 0 Å². The molecule has 2 N–H and O–H groups in total. The van der Waals surface area contributed by atoms with Crippen molar-refractivity contribution >= 4 is 22.8 Å². The van der Waals surface area contributed by atoms with E-state index in [4.69, 9.17) is 5.73 Å². The number of nitrogens with two attached hydrogens (primary N) is 1. The predicted molar refractivity (Wildman–Crippen MR) is 128 cm³/mol. The SMILES string of the molecule is NC(=O)CN(Cc1ccccc1)C(=O)Cn1c(=O)n(Cc2c(F)c(F)c(F)c(F)c2F)c2cc(C(F)(F)F)ccc21. The van der Waals surface area contributed by atoms with Crippen LogP contribution in [0.2, 0.25) is 0 Å². The smallest absolute Gasteiger partial charge is 0.368 e. The van der Waals surface area contributed by atoms with Crippen LogP contribution in [0.25, 0.3) is 11.0 Å². The monoisotopic (exact) mass is 586 g/mol. The van der Waals surface area contributed by atoms with Crippen molar-refractivity contribution in [1.82, 2.24) is 14.0 Å². The lowest BCUT2D eigenvalue weighted by atomic mass is 10.1. The van der Waals surface area contributed by atoms with Crippen molar-refractivity contribution < 1.29 is 44.7 Å². The normalized spacial score (nSPS) is 11.7. The number of halogens is 8. The first-order valence-electron chi connectivity index (χ1n) is 11.6. The van der Waals surface area contributed by atoms with Gasteiger partial charge in [-0.2, -0.15) is 13.2 Å². The van der Waals surface area contributed by atoms with Crippen LogP contribution in [-0.2, 0) is 35.4 Å². The van der Waals surface area contributed by atoms with Gasteiger partial charge in [-0.25, -0.2) is 26.7 Å². The van der Waals surface area contributed by atoms with Crippen LogP contribution in [0.1, 0.15) is 16.7 Å². The van der Waals surface area contributed by atoms with E-state index in [1.54, 1.807) is 30.3 Å². The summed E-state index contributed by atoms with van der Waals surface area (Å²) in [5, 5.41) is 0. The average Bonchev–Trinajstić information content (AvgIpc) is 3.17. The number of hydrogen-bond donors (Lipinski definition) is 1. The number of aromatic nitrogens is 2. The van der Waals surface area contributed by atoms with Crippen molar-refractivity contribution in [1.29, 1.82) is 0 Å². The van der Waals surface area contributed by atoms with Gasteiger partial charge in [0.1, 0.15) is 6.54 Å². The molecule has 3 aromatic carbocycles. The molecule has 4 aromatic rings. The number of benzene rings is 3. The minimum Gasteiger partial charge on any atom is -0.368 e. The summed E-state index contributed by atoms with van der Waals surface area (Å²) in [7, 11) is 0. The number of imidazole rings is 1. The zero-order valence-electron chi connectivity index (χ0n) is 20.6. The molecule has 0 spiro atoms. The molecular formula is C26H18F8N4O3. The van der Waals surface area contributed by atoms with Crippen molar-refractivity contribution in [2.45, 2.75) is 25.8 Å². The third kappa shape index (κ3) is 5.78. The van der Waals surface area contributed by atoms with Gasteiger partial charge in [0.25, 0.3) is 0 Å². The first-order chi connectivity index (χ1) is 19.2. The maximum Gasteiger partial charge on any atom is 0.416 e. The van der Waals surface area contributed by atoms with E-state index in [-0.39, 0.29) is 12.1 Å². The molecule has 0 fully saturated rings. The molecule has 2 amide bonds. The molecule has 0 aliphatic heterocycles. The van der Waals surface area contributed by atoms with Gasteiger partial charge in [0.2, 0.25) is 17.6 Å². The number of carbonyl (C=O) groups excluding carboxylic acids is 2. The Hall–Kier alpha value is -4.69. The lowest BCUT2D eigenvalue weighted by Gasteiger charge is -2.21. The number of primary amides is 1. The summed E-state index contributed by atoms with van der Waals surface area (Å²) < 4.78 is 111. The van der Waals surface area contributed by atoms with Crippen LogP contribution in [0.15, 0.2) is 53.3 Å². The van der Waals surface area contributed by atoms with Gasteiger partial charge in [0.05, 0.1) is 29.7 Å². The molecule has 216 valence electrons. The summed E-state index contributed by atoms with van der Waals surface area (Å²) in [6.45, 7) is -2.97. The molecule has 0 aliphatic carbocycles. The van der Waals surface area contributed by atoms with Gasteiger partial charge in [0.15, 0.2) is 23.3 Å². The van der Waals surface area contributed by atoms with Gasteiger partial charge in [-0.1, -0.05) is 30.3 Å². The van der Waals surface area contributed by atoms with Crippen molar-refractivity contribution in [2.75, 3.05) is 6.54 Å². The number of rotatable bonds is 8. The second-order valence-corrected chi connectivity index (χ2v) is 8.91.